The van der Waals surface area contributed by atoms with Crippen LogP contribution in [0, 0.1) is 17.6 Å². The maximum atomic E-state index is 15.0. The van der Waals surface area contributed by atoms with Crippen molar-refractivity contribution in [1.29, 1.82) is 0 Å². The largest absolute Gasteiger partial charge is 0.323 e. The van der Waals surface area contributed by atoms with Crippen molar-refractivity contribution in [1.82, 2.24) is 0 Å². The van der Waals surface area contributed by atoms with Gasteiger partial charge in [-0.15, -0.1) is 23.2 Å². The molecule has 1 fully saturated rings. The molecule has 0 aliphatic heterocycles. The zero-order valence-electron chi connectivity index (χ0n) is 16.5. The van der Waals surface area contributed by atoms with Crippen molar-refractivity contribution in [3.63, 3.8) is 0 Å². The fraction of sp³-hybridized carbons (Fsp3) is 0.130. The van der Waals surface area contributed by atoms with E-state index >= 15 is 4.39 Å². The monoisotopic (exact) mass is 528 g/mol. The summed E-state index contributed by atoms with van der Waals surface area (Å²) in [7, 11) is 0. The third kappa shape index (κ3) is 4.94. The number of hydrogen-bond acceptors (Lipinski definition) is 2. The normalized spacial score (nSPS) is 18.5. The molecule has 2 atom stereocenters. The number of hydrogen-bond donors (Lipinski definition) is 2. The van der Waals surface area contributed by atoms with Gasteiger partial charge in [-0.05, 0) is 60.2 Å². The lowest BCUT2D eigenvalue weighted by Crippen LogP contribution is -2.20. The van der Waals surface area contributed by atoms with E-state index in [0.29, 0.717) is 15.6 Å². The standard InChI is InChI=1S/C23H14Cl4F2N2O2/c24-12-8-11(9-13(25)10-12)18-19(23(18,26)27)22(33)31-17-3-1-2-16(20(17)29)21(32)30-15-6-4-14(28)5-7-15/h1-10,18-19H,(H,30,32)(H,31,33)/t18-,19+/m1/s1. The molecule has 3 aromatic rings. The van der Waals surface area contributed by atoms with E-state index in [1.54, 1.807) is 12.1 Å². The molecule has 0 heterocycles. The van der Waals surface area contributed by atoms with Crippen molar-refractivity contribution in [3.8, 4) is 0 Å². The minimum atomic E-state index is -1.44. The molecule has 2 N–H and O–H groups in total. The van der Waals surface area contributed by atoms with Gasteiger partial charge in [-0.25, -0.2) is 8.78 Å². The Labute approximate surface area is 207 Å². The van der Waals surface area contributed by atoms with Crippen LogP contribution in [0.4, 0.5) is 20.2 Å². The first-order chi connectivity index (χ1) is 15.6. The van der Waals surface area contributed by atoms with Gasteiger partial charge in [0.15, 0.2) is 5.82 Å². The molecule has 0 spiro atoms. The number of rotatable bonds is 5. The number of carbonyl (C=O) groups excluding carboxylic acids is 2. The molecule has 1 aliphatic carbocycles. The second-order valence-electron chi connectivity index (χ2n) is 7.45. The zero-order chi connectivity index (χ0) is 23.9. The Morgan fingerprint density at radius 3 is 2.15 bits per heavy atom. The van der Waals surface area contributed by atoms with Crippen LogP contribution in [0.1, 0.15) is 21.8 Å². The van der Waals surface area contributed by atoms with Crippen LogP contribution in [0.15, 0.2) is 60.7 Å². The summed E-state index contributed by atoms with van der Waals surface area (Å²) in [5.74, 6) is -4.31. The summed E-state index contributed by atoms with van der Waals surface area (Å²) in [5.41, 5.74) is 0.329. The number of anilines is 2. The maximum absolute atomic E-state index is 15.0. The Balaban J connectivity index is 1.52. The van der Waals surface area contributed by atoms with Crippen molar-refractivity contribution < 1.29 is 18.4 Å². The average Bonchev–Trinajstić information content (AvgIpc) is 3.32. The third-order valence-corrected chi connectivity index (χ3v) is 6.56. The van der Waals surface area contributed by atoms with Gasteiger partial charge in [0.25, 0.3) is 5.91 Å². The molecule has 0 saturated heterocycles. The van der Waals surface area contributed by atoms with E-state index in [1.807, 2.05) is 0 Å². The molecule has 0 bridgehead atoms. The molecule has 1 saturated carbocycles. The first-order valence-electron chi connectivity index (χ1n) is 9.58. The summed E-state index contributed by atoms with van der Waals surface area (Å²) in [6.45, 7) is 0. The molecule has 33 heavy (non-hydrogen) atoms. The highest BCUT2D eigenvalue weighted by molar-refractivity contribution is 6.53. The van der Waals surface area contributed by atoms with E-state index in [4.69, 9.17) is 46.4 Å². The smallest absolute Gasteiger partial charge is 0.258 e. The Bertz CT molecular complexity index is 1230. The lowest BCUT2D eigenvalue weighted by molar-refractivity contribution is -0.117. The molecule has 4 nitrogen and oxygen atoms in total. The molecule has 1 aliphatic rings. The molecule has 170 valence electrons. The number of carbonyl (C=O) groups is 2. The van der Waals surface area contributed by atoms with Gasteiger partial charge in [0.05, 0.1) is 17.2 Å². The molecule has 2 amide bonds. The fourth-order valence-corrected chi connectivity index (χ4v) is 4.94. The van der Waals surface area contributed by atoms with Gasteiger partial charge >= 0.3 is 0 Å². The molecule has 3 aromatic carbocycles. The summed E-state index contributed by atoms with van der Waals surface area (Å²) in [4.78, 5) is 25.3. The summed E-state index contributed by atoms with van der Waals surface area (Å²) in [6.07, 6.45) is 0. The van der Waals surface area contributed by atoms with Crippen LogP contribution in [0.3, 0.4) is 0 Å². The number of alkyl halides is 2. The van der Waals surface area contributed by atoms with Crippen molar-refractivity contribution in [2.75, 3.05) is 10.6 Å². The molecule has 0 aromatic heterocycles. The van der Waals surface area contributed by atoms with Gasteiger partial charge in [0, 0.05) is 21.7 Å². The van der Waals surface area contributed by atoms with E-state index in [2.05, 4.69) is 10.6 Å². The van der Waals surface area contributed by atoms with E-state index in [1.165, 1.54) is 36.4 Å². The van der Waals surface area contributed by atoms with Gasteiger partial charge in [0.2, 0.25) is 5.91 Å². The second-order valence-corrected chi connectivity index (χ2v) is 9.77. The van der Waals surface area contributed by atoms with Crippen LogP contribution in [-0.4, -0.2) is 16.1 Å². The summed E-state index contributed by atoms with van der Waals surface area (Å²) in [6, 6.07) is 13.7. The molecule has 4 rings (SSSR count). The summed E-state index contributed by atoms with van der Waals surface area (Å²) >= 11 is 24.7. The molecule has 0 radical (unpaired) electrons. The molecular formula is C23H14Cl4F2N2O2. The van der Waals surface area contributed by atoms with E-state index in [9.17, 15) is 14.0 Å². The highest BCUT2D eigenvalue weighted by atomic mass is 35.5. The highest BCUT2D eigenvalue weighted by Crippen LogP contribution is 2.65. The minimum Gasteiger partial charge on any atom is -0.323 e. The highest BCUT2D eigenvalue weighted by Gasteiger charge is 2.67. The first-order valence-corrected chi connectivity index (χ1v) is 11.1. The number of nitrogens with one attached hydrogen (secondary N) is 2. The number of benzene rings is 3. The van der Waals surface area contributed by atoms with Gasteiger partial charge in [0.1, 0.15) is 10.2 Å². The number of amides is 2. The third-order valence-electron chi connectivity index (χ3n) is 5.18. The lowest BCUT2D eigenvalue weighted by atomic mass is 10.1. The van der Waals surface area contributed by atoms with Gasteiger partial charge in [-0.1, -0.05) is 29.3 Å². The van der Waals surface area contributed by atoms with Crippen molar-refractivity contribution in [3.05, 3.63) is 93.5 Å². The van der Waals surface area contributed by atoms with Crippen molar-refractivity contribution in [2.24, 2.45) is 5.92 Å². The van der Waals surface area contributed by atoms with E-state index in [-0.39, 0.29) is 16.9 Å². The Hall–Kier alpha value is -2.38. The van der Waals surface area contributed by atoms with Crippen LogP contribution >= 0.6 is 46.4 Å². The first kappa shape index (κ1) is 23.8. The fourth-order valence-electron chi connectivity index (χ4n) is 3.57. The van der Waals surface area contributed by atoms with Gasteiger partial charge < -0.3 is 10.6 Å². The predicted molar refractivity (Wildman–Crippen MR) is 127 cm³/mol. The Kier molecular flexibility index (Phi) is 6.56. The van der Waals surface area contributed by atoms with E-state index < -0.39 is 39.6 Å². The minimum absolute atomic E-state index is 0.217. The van der Waals surface area contributed by atoms with Crippen LogP contribution in [0.5, 0.6) is 0 Å². The summed E-state index contributed by atoms with van der Waals surface area (Å²) < 4.78 is 26.6. The zero-order valence-corrected chi connectivity index (χ0v) is 19.5. The predicted octanol–water partition coefficient (Wildman–Crippen LogP) is 7.05. The Morgan fingerprint density at radius 2 is 1.52 bits per heavy atom. The Morgan fingerprint density at radius 1 is 0.879 bits per heavy atom. The van der Waals surface area contributed by atoms with Gasteiger partial charge in [-0.3, -0.25) is 9.59 Å². The quantitative estimate of drug-likeness (QED) is 0.348. The van der Waals surface area contributed by atoms with Crippen LogP contribution in [-0.2, 0) is 4.79 Å². The number of halogens is 6. The van der Waals surface area contributed by atoms with Crippen molar-refractivity contribution >= 4 is 69.6 Å². The molecular weight excluding hydrogens is 516 g/mol. The SMILES string of the molecule is O=C(Nc1ccc(F)cc1)c1cccc(NC(=O)[C@@H]2[C@@H](c3cc(Cl)cc(Cl)c3)C2(Cl)Cl)c1F. The average molecular weight is 530 g/mol. The second kappa shape index (κ2) is 9.11. The van der Waals surface area contributed by atoms with Crippen LogP contribution in [0.2, 0.25) is 10.0 Å². The molecule has 10 heteroatoms. The lowest BCUT2D eigenvalue weighted by Gasteiger charge is -2.11. The van der Waals surface area contributed by atoms with Crippen LogP contribution in [0.25, 0.3) is 0 Å². The van der Waals surface area contributed by atoms with E-state index in [0.717, 1.165) is 12.1 Å². The van der Waals surface area contributed by atoms with Gasteiger partial charge in [-0.2, -0.15) is 0 Å². The maximum Gasteiger partial charge on any atom is 0.258 e. The molecule has 0 unspecified atom stereocenters. The topological polar surface area (TPSA) is 58.2 Å². The van der Waals surface area contributed by atoms with Crippen molar-refractivity contribution in [2.45, 2.75) is 10.3 Å². The summed E-state index contributed by atoms with van der Waals surface area (Å²) in [5, 5.41) is 5.63. The van der Waals surface area contributed by atoms with Crippen LogP contribution < -0.4 is 10.6 Å².